The summed E-state index contributed by atoms with van der Waals surface area (Å²) in [5.74, 6) is 0.435. The fourth-order valence-electron chi connectivity index (χ4n) is 3.05. The van der Waals surface area contributed by atoms with Crippen LogP contribution >= 0.6 is 0 Å². The van der Waals surface area contributed by atoms with Crippen LogP contribution in [0, 0.1) is 11.8 Å². The molecule has 0 bridgehead atoms. The molecule has 18 heavy (non-hydrogen) atoms. The number of carboxylic acid groups (broad SMARTS) is 1. The van der Waals surface area contributed by atoms with Gasteiger partial charge in [-0.25, -0.2) is 0 Å². The third-order valence-corrected chi connectivity index (χ3v) is 4.38. The second kappa shape index (κ2) is 8.52. The molecular weight excluding hydrogens is 226 g/mol. The molecule has 2 aliphatic carbocycles. The first kappa shape index (κ1) is 15.5. The Kier molecular flexibility index (Phi) is 7.33. The lowest BCUT2D eigenvalue weighted by Gasteiger charge is -2.27. The molecule has 2 aliphatic rings. The van der Waals surface area contributed by atoms with Gasteiger partial charge in [0, 0.05) is 12.5 Å². The zero-order valence-electron chi connectivity index (χ0n) is 11.7. The highest BCUT2D eigenvalue weighted by Gasteiger charge is 2.22. The minimum Gasteiger partial charge on any atom is -0.481 e. The van der Waals surface area contributed by atoms with Gasteiger partial charge in [0.1, 0.15) is 0 Å². The van der Waals surface area contributed by atoms with E-state index in [0.29, 0.717) is 24.3 Å². The van der Waals surface area contributed by atoms with Crippen molar-refractivity contribution in [1.29, 1.82) is 0 Å². The van der Waals surface area contributed by atoms with E-state index in [4.69, 9.17) is 10.8 Å². The highest BCUT2D eigenvalue weighted by molar-refractivity contribution is 5.67. The number of hydrogen-bond donors (Lipinski definition) is 2. The summed E-state index contributed by atoms with van der Waals surface area (Å²) in [5, 5.41) is 8.58. The molecule has 0 aromatic rings. The third-order valence-electron chi connectivity index (χ3n) is 4.38. The average molecular weight is 255 g/mol. The quantitative estimate of drug-likeness (QED) is 0.793. The van der Waals surface area contributed by atoms with Crippen LogP contribution < -0.4 is 5.73 Å². The van der Waals surface area contributed by atoms with Crippen LogP contribution in [0.2, 0.25) is 0 Å². The Morgan fingerprint density at radius 2 is 1.61 bits per heavy atom. The molecule has 0 heterocycles. The predicted molar refractivity (Wildman–Crippen MR) is 74.4 cm³/mol. The van der Waals surface area contributed by atoms with Gasteiger partial charge in [-0.3, -0.25) is 4.79 Å². The lowest BCUT2D eigenvalue weighted by atomic mass is 9.79. The summed E-state index contributed by atoms with van der Waals surface area (Å²) < 4.78 is 0. The SMILES string of the molecule is CC1CCCCC1CC(=O)O.NC1CCCCC1. The molecule has 2 saturated carbocycles. The summed E-state index contributed by atoms with van der Waals surface area (Å²) >= 11 is 0. The Hall–Kier alpha value is -0.570. The van der Waals surface area contributed by atoms with Gasteiger partial charge in [0.2, 0.25) is 0 Å². The van der Waals surface area contributed by atoms with Gasteiger partial charge in [0.15, 0.2) is 0 Å². The highest BCUT2D eigenvalue weighted by Crippen LogP contribution is 2.31. The maximum atomic E-state index is 10.4. The van der Waals surface area contributed by atoms with Crippen molar-refractivity contribution in [1.82, 2.24) is 0 Å². The van der Waals surface area contributed by atoms with Crippen molar-refractivity contribution in [2.24, 2.45) is 17.6 Å². The molecule has 106 valence electrons. The molecule has 2 fully saturated rings. The van der Waals surface area contributed by atoms with E-state index in [-0.39, 0.29) is 0 Å². The molecule has 0 aromatic carbocycles. The maximum Gasteiger partial charge on any atom is 0.303 e. The maximum absolute atomic E-state index is 10.4. The lowest BCUT2D eigenvalue weighted by molar-refractivity contribution is -0.138. The molecule has 0 radical (unpaired) electrons. The molecule has 0 spiro atoms. The van der Waals surface area contributed by atoms with Gasteiger partial charge in [-0.1, -0.05) is 45.4 Å². The van der Waals surface area contributed by atoms with E-state index in [1.54, 1.807) is 0 Å². The summed E-state index contributed by atoms with van der Waals surface area (Å²) in [6.07, 6.45) is 11.9. The number of aliphatic carboxylic acids is 1. The normalized spacial score (nSPS) is 29.2. The first-order chi connectivity index (χ1) is 8.59. The second-order valence-electron chi connectivity index (χ2n) is 6.02. The molecular formula is C15H29NO2. The van der Waals surface area contributed by atoms with Crippen molar-refractivity contribution in [3.05, 3.63) is 0 Å². The van der Waals surface area contributed by atoms with Crippen LogP contribution in [0.3, 0.4) is 0 Å². The summed E-state index contributed by atoms with van der Waals surface area (Å²) in [5.41, 5.74) is 5.63. The zero-order valence-corrected chi connectivity index (χ0v) is 11.7. The average Bonchev–Trinajstić information content (AvgIpc) is 2.33. The summed E-state index contributed by atoms with van der Waals surface area (Å²) in [6, 6.07) is 0.536. The highest BCUT2D eigenvalue weighted by atomic mass is 16.4. The van der Waals surface area contributed by atoms with Crippen molar-refractivity contribution in [2.75, 3.05) is 0 Å². The van der Waals surface area contributed by atoms with E-state index in [1.807, 2.05) is 0 Å². The zero-order chi connectivity index (χ0) is 13.4. The molecule has 0 aromatic heterocycles. The molecule has 0 amide bonds. The van der Waals surface area contributed by atoms with Gasteiger partial charge < -0.3 is 10.8 Å². The Balaban J connectivity index is 0.000000199. The standard InChI is InChI=1S/C9H16O2.C6H13N/c1-7-4-2-3-5-8(7)6-9(10)11;7-6-4-2-1-3-5-6/h7-8H,2-6H2,1H3,(H,10,11);6H,1-5,7H2. The molecule has 0 saturated heterocycles. The van der Waals surface area contributed by atoms with Gasteiger partial charge >= 0.3 is 5.97 Å². The minimum atomic E-state index is -0.635. The van der Waals surface area contributed by atoms with Crippen molar-refractivity contribution < 1.29 is 9.90 Å². The number of carboxylic acids is 1. The summed E-state index contributed by atoms with van der Waals surface area (Å²) in [6.45, 7) is 2.17. The Morgan fingerprint density at radius 1 is 1.06 bits per heavy atom. The lowest BCUT2D eigenvalue weighted by Crippen LogP contribution is -2.22. The number of nitrogens with two attached hydrogens (primary N) is 1. The van der Waals surface area contributed by atoms with E-state index in [9.17, 15) is 4.79 Å². The van der Waals surface area contributed by atoms with E-state index >= 15 is 0 Å². The molecule has 3 N–H and O–H groups in total. The van der Waals surface area contributed by atoms with Crippen LogP contribution in [-0.4, -0.2) is 17.1 Å². The van der Waals surface area contributed by atoms with Crippen LogP contribution in [0.1, 0.15) is 71.1 Å². The van der Waals surface area contributed by atoms with Crippen LogP contribution in [0.15, 0.2) is 0 Å². The molecule has 2 atom stereocenters. The smallest absolute Gasteiger partial charge is 0.303 e. The largest absolute Gasteiger partial charge is 0.481 e. The number of hydrogen-bond acceptors (Lipinski definition) is 2. The number of rotatable bonds is 2. The summed E-state index contributed by atoms with van der Waals surface area (Å²) in [4.78, 5) is 10.4. The van der Waals surface area contributed by atoms with Crippen LogP contribution in [-0.2, 0) is 4.79 Å². The van der Waals surface area contributed by atoms with E-state index in [2.05, 4.69) is 6.92 Å². The molecule has 2 unspecified atom stereocenters. The first-order valence-corrected chi connectivity index (χ1v) is 7.57. The van der Waals surface area contributed by atoms with E-state index in [1.165, 1.54) is 51.4 Å². The van der Waals surface area contributed by atoms with E-state index < -0.39 is 5.97 Å². The Labute approximate surface area is 111 Å². The van der Waals surface area contributed by atoms with Crippen molar-refractivity contribution >= 4 is 5.97 Å². The molecule has 2 rings (SSSR count). The predicted octanol–water partition coefficient (Wildman–Crippen LogP) is 3.57. The van der Waals surface area contributed by atoms with Crippen molar-refractivity contribution in [3.8, 4) is 0 Å². The topological polar surface area (TPSA) is 63.3 Å². The van der Waals surface area contributed by atoms with Gasteiger partial charge in [-0.05, 0) is 31.1 Å². The van der Waals surface area contributed by atoms with Gasteiger partial charge in [0.05, 0.1) is 0 Å². The van der Waals surface area contributed by atoms with Crippen LogP contribution in [0.4, 0.5) is 0 Å². The fraction of sp³-hybridized carbons (Fsp3) is 0.933. The number of carbonyl (C=O) groups is 1. The Bertz CT molecular complexity index is 237. The van der Waals surface area contributed by atoms with Crippen molar-refractivity contribution in [3.63, 3.8) is 0 Å². The molecule has 3 nitrogen and oxygen atoms in total. The van der Waals surface area contributed by atoms with Gasteiger partial charge in [-0.15, -0.1) is 0 Å². The molecule has 3 heteroatoms. The molecule has 0 aliphatic heterocycles. The second-order valence-corrected chi connectivity index (χ2v) is 6.02. The minimum absolute atomic E-state index is 0.376. The van der Waals surface area contributed by atoms with Crippen LogP contribution in [0.5, 0.6) is 0 Å². The fourth-order valence-corrected chi connectivity index (χ4v) is 3.05. The van der Waals surface area contributed by atoms with Crippen molar-refractivity contribution in [2.45, 2.75) is 77.2 Å². The third kappa shape index (κ3) is 6.39. The van der Waals surface area contributed by atoms with Crippen LogP contribution in [0.25, 0.3) is 0 Å². The first-order valence-electron chi connectivity index (χ1n) is 7.57. The van der Waals surface area contributed by atoms with Gasteiger partial charge in [0.25, 0.3) is 0 Å². The Morgan fingerprint density at radius 3 is 2.06 bits per heavy atom. The monoisotopic (exact) mass is 255 g/mol. The van der Waals surface area contributed by atoms with Gasteiger partial charge in [-0.2, -0.15) is 0 Å². The van der Waals surface area contributed by atoms with E-state index in [0.717, 1.165) is 6.42 Å². The summed E-state index contributed by atoms with van der Waals surface area (Å²) in [7, 11) is 0.